The number of likely N-dealkylation sites (tertiary alicyclic amines) is 1. The number of aliphatic hydroxyl groups excluding tert-OH is 1. The highest BCUT2D eigenvalue weighted by Gasteiger charge is 2.35. The summed E-state index contributed by atoms with van der Waals surface area (Å²) in [6, 6.07) is 18.4. The van der Waals surface area contributed by atoms with E-state index in [1.807, 2.05) is 45.0 Å². The summed E-state index contributed by atoms with van der Waals surface area (Å²) in [5.41, 5.74) is 2.24. The molecule has 174 valence electrons. The van der Waals surface area contributed by atoms with E-state index in [0.717, 1.165) is 23.2 Å². The summed E-state index contributed by atoms with van der Waals surface area (Å²) in [4.78, 5) is 19.0. The van der Waals surface area contributed by atoms with Gasteiger partial charge in [0, 0.05) is 24.4 Å². The minimum Gasteiger partial charge on any atom is -0.444 e. The lowest BCUT2D eigenvalue weighted by Gasteiger charge is -2.38. The molecule has 33 heavy (non-hydrogen) atoms. The molecule has 1 saturated heterocycles. The zero-order valence-corrected chi connectivity index (χ0v) is 19.5. The molecule has 2 atom stereocenters. The number of piperidine rings is 1. The van der Waals surface area contributed by atoms with Gasteiger partial charge < -0.3 is 19.5 Å². The number of carbonyl (C=O) groups is 1. The van der Waals surface area contributed by atoms with Crippen molar-refractivity contribution in [3.8, 4) is 0 Å². The fourth-order valence-corrected chi connectivity index (χ4v) is 4.20. The molecular weight excluding hydrogens is 416 g/mol. The minimum atomic E-state index is -0.545. The number of ether oxygens (including phenoxy) is 2. The molecule has 1 amide bonds. The minimum absolute atomic E-state index is 0.0355. The van der Waals surface area contributed by atoms with Gasteiger partial charge in [0.05, 0.1) is 25.9 Å². The third kappa shape index (κ3) is 5.89. The number of amides is 1. The topological polar surface area (TPSA) is 71.9 Å². The summed E-state index contributed by atoms with van der Waals surface area (Å²) >= 11 is 0. The van der Waals surface area contributed by atoms with Crippen molar-refractivity contribution in [2.24, 2.45) is 0 Å². The molecule has 2 heterocycles. The Labute approximate surface area is 195 Å². The number of nitrogens with zero attached hydrogens (tertiary/aromatic N) is 2. The number of aromatic nitrogens is 1. The van der Waals surface area contributed by atoms with Gasteiger partial charge in [-0.15, -0.1) is 0 Å². The maximum Gasteiger partial charge on any atom is 0.410 e. The van der Waals surface area contributed by atoms with Gasteiger partial charge in [0.2, 0.25) is 0 Å². The zero-order chi connectivity index (χ0) is 23.4. The Morgan fingerprint density at radius 3 is 2.55 bits per heavy atom. The van der Waals surface area contributed by atoms with Gasteiger partial charge in [-0.25, -0.2) is 4.79 Å². The van der Waals surface area contributed by atoms with E-state index in [1.165, 1.54) is 10.8 Å². The van der Waals surface area contributed by atoms with Gasteiger partial charge in [-0.1, -0.05) is 42.5 Å². The summed E-state index contributed by atoms with van der Waals surface area (Å²) in [7, 11) is 0. The van der Waals surface area contributed by atoms with E-state index in [-0.39, 0.29) is 24.7 Å². The molecule has 1 N–H and O–H groups in total. The fraction of sp³-hybridized carbons (Fsp3) is 0.407. The highest BCUT2D eigenvalue weighted by molar-refractivity contribution is 5.82. The molecule has 0 spiro atoms. The predicted molar refractivity (Wildman–Crippen MR) is 128 cm³/mol. The monoisotopic (exact) mass is 448 g/mol. The van der Waals surface area contributed by atoms with E-state index < -0.39 is 5.60 Å². The third-order valence-corrected chi connectivity index (χ3v) is 5.90. The summed E-state index contributed by atoms with van der Waals surface area (Å²) in [5.74, 6) is 0.0527. The number of hydrogen-bond acceptors (Lipinski definition) is 5. The molecule has 2 aromatic carbocycles. The van der Waals surface area contributed by atoms with Crippen LogP contribution in [0.15, 0.2) is 60.8 Å². The largest absolute Gasteiger partial charge is 0.444 e. The van der Waals surface area contributed by atoms with E-state index in [1.54, 1.807) is 11.1 Å². The van der Waals surface area contributed by atoms with E-state index in [2.05, 4.69) is 35.3 Å². The second kappa shape index (κ2) is 9.89. The van der Waals surface area contributed by atoms with Crippen molar-refractivity contribution in [1.82, 2.24) is 9.88 Å². The molecule has 0 aliphatic carbocycles. The van der Waals surface area contributed by atoms with Gasteiger partial charge >= 0.3 is 6.09 Å². The second-order valence-electron chi connectivity index (χ2n) is 9.60. The molecule has 0 bridgehead atoms. The molecular formula is C27H32N2O4. The van der Waals surface area contributed by atoms with Gasteiger partial charge in [-0.2, -0.15) is 0 Å². The maximum atomic E-state index is 12.7. The van der Waals surface area contributed by atoms with Gasteiger partial charge in [0.1, 0.15) is 5.60 Å². The fourth-order valence-electron chi connectivity index (χ4n) is 4.20. The first-order valence-corrected chi connectivity index (χ1v) is 11.5. The Morgan fingerprint density at radius 1 is 1.09 bits per heavy atom. The van der Waals surface area contributed by atoms with Gasteiger partial charge in [0.25, 0.3) is 0 Å². The summed E-state index contributed by atoms with van der Waals surface area (Å²) in [5, 5.41) is 11.7. The average molecular weight is 449 g/mol. The molecule has 4 rings (SSSR count). The van der Waals surface area contributed by atoms with E-state index in [4.69, 9.17) is 9.47 Å². The second-order valence-corrected chi connectivity index (χ2v) is 9.60. The van der Waals surface area contributed by atoms with Crippen LogP contribution in [-0.4, -0.2) is 45.9 Å². The quantitative estimate of drug-likeness (QED) is 0.592. The summed E-state index contributed by atoms with van der Waals surface area (Å²) < 4.78 is 12.0. The van der Waals surface area contributed by atoms with Crippen LogP contribution in [-0.2, 0) is 22.7 Å². The highest BCUT2D eigenvalue weighted by Crippen LogP contribution is 2.31. The Bertz CT molecular complexity index is 1090. The van der Waals surface area contributed by atoms with Crippen LogP contribution in [0.5, 0.6) is 0 Å². The predicted octanol–water partition coefficient (Wildman–Crippen LogP) is 5.04. The summed E-state index contributed by atoms with van der Waals surface area (Å²) in [6.45, 7) is 7.05. The Kier molecular flexibility index (Phi) is 6.96. The first kappa shape index (κ1) is 23.2. The van der Waals surface area contributed by atoms with Gasteiger partial charge in [0.15, 0.2) is 0 Å². The first-order chi connectivity index (χ1) is 15.8. The van der Waals surface area contributed by atoms with Crippen molar-refractivity contribution in [2.45, 2.75) is 58.0 Å². The molecule has 1 aliphatic heterocycles. The van der Waals surface area contributed by atoms with Gasteiger partial charge in [-0.3, -0.25) is 4.98 Å². The zero-order valence-electron chi connectivity index (χ0n) is 19.5. The van der Waals surface area contributed by atoms with Crippen LogP contribution in [0.4, 0.5) is 4.79 Å². The molecule has 2 unspecified atom stereocenters. The van der Waals surface area contributed by atoms with Crippen molar-refractivity contribution < 1.29 is 19.4 Å². The number of hydrogen-bond donors (Lipinski definition) is 1. The molecule has 6 heteroatoms. The van der Waals surface area contributed by atoms with E-state index >= 15 is 0 Å². The number of fused-ring (bicyclic) bond motifs is 1. The smallest absolute Gasteiger partial charge is 0.410 e. The van der Waals surface area contributed by atoms with Crippen molar-refractivity contribution >= 4 is 16.9 Å². The normalized spacial score (nSPS) is 19.0. The highest BCUT2D eigenvalue weighted by atomic mass is 16.6. The SMILES string of the molecule is CC(C)(C)OC(=O)N1CCC(c2ccc(CO)cn2)C(OCc2ccc3ccccc3c2)C1. The Balaban J connectivity index is 1.52. The van der Waals surface area contributed by atoms with E-state index in [0.29, 0.717) is 19.7 Å². The van der Waals surface area contributed by atoms with E-state index in [9.17, 15) is 9.90 Å². The number of pyridine rings is 1. The third-order valence-electron chi connectivity index (χ3n) is 5.90. The van der Waals surface area contributed by atoms with Crippen LogP contribution in [0.25, 0.3) is 10.8 Å². The van der Waals surface area contributed by atoms with Crippen LogP contribution < -0.4 is 0 Å². The van der Waals surface area contributed by atoms with Crippen LogP contribution in [0, 0.1) is 0 Å². The van der Waals surface area contributed by atoms with Crippen molar-refractivity contribution in [1.29, 1.82) is 0 Å². The van der Waals surface area contributed by atoms with Crippen molar-refractivity contribution in [2.75, 3.05) is 13.1 Å². The van der Waals surface area contributed by atoms with Gasteiger partial charge in [-0.05, 0) is 61.2 Å². The number of aliphatic hydroxyl groups is 1. The van der Waals surface area contributed by atoms with Crippen molar-refractivity contribution in [3.63, 3.8) is 0 Å². The van der Waals surface area contributed by atoms with Crippen LogP contribution in [0.3, 0.4) is 0 Å². The molecule has 1 fully saturated rings. The van der Waals surface area contributed by atoms with Crippen molar-refractivity contribution in [3.05, 3.63) is 77.6 Å². The van der Waals surface area contributed by atoms with Crippen LogP contribution in [0.1, 0.15) is 49.9 Å². The molecule has 1 aromatic heterocycles. The maximum absolute atomic E-state index is 12.7. The molecule has 0 saturated carbocycles. The standard InChI is InChI=1S/C27H32N2O4/c1-27(2,3)33-26(31)29-13-12-23(24-11-9-20(17-30)15-28-24)25(16-29)32-18-19-8-10-21-6-4-5-7-22(21)14-19/h4-11,14-15,23,25,30H,12-13,16-18H2,1-3H3. The molecule has 3 aromatic rings. The number of rotatable bonds is 5. The lowest BCUT2D eigenvalue weighted by Crippen LogP contribution is -2.48. The Morgan fingerprint density at radius 2 is 1.85 bits per heavy atom. The lowest BCUT2D eigenvalue weighted by atomic mass is 9.90. The molecule has 1 aliphatic rings. The first-order valence-electron chi connectivity index (χ1n) is 11.5. The number of benzene rings is 2. The number of carbonyl (C=O) groups excluding carboxylic acids is 1. The summed E-state index contributed by atoms with van der Waals surface area (Å²) in [6.07, 6.45) is 1.90. The molecule has 6 nitrogen and oxygen atoms in total. The molecule has 0 radical (unpaired) electrons. The van der Waals surface area contributed by atoms with Crippen LogP contribution >= 0.6 is 0 Å². The lowest BCUT2D eigenvalue weighted by molar-refractivity contribution is -0.0365. The van der Waals surface area contributed by atoms with Crippen LogP contribution in [0.2, 0.25) is 0 Å². The Hall–Kier alpha value is -2.96. The average Bonchev–Trinajstić information content (AvgIpc) is 2.81.